The zero-order valence-corrected chi connectivity index (χ0v) is 18.5. The Morgan fingerprint density at radius 2 is 1.82 bits per heavy atom. The molecular formula is C24H28FN3O5. The standard InChI is InChI=1S/C24H28FN3O5/c1-33-16-4-12-26-23(31)18-10-14-27(15-11-18)24(32)21(28-13-3-2-5-20(28)29)22(30)17-6-8-19(25)9-7-17/h2-3,5-9,13,18,21H,4,10-12,14-16H2,1H3,(H,26,31). The minimum absolute atomic E-state index is 0.0589. The number of ketones is 1. The van der Waals surface area contributed by atoms with Gasteiger partial charge in [-0.15, -0.1) is 0 Å². The van der Waals surface area contributed by atoms with Gasteiger partial charge < -0.3 is 15.0 Å². The van der Waals surface area contributed by atoms with Gasteiger partial charge in [-0.3, -0.25) is 23.7 Å². The number of Topliss-reactive ketones (excluding diaryl/α,β-unsaturated/α-hetero) is 1. The van der Waals surface area contributed by atoms with Crippen molar-refractivity contribution in [1.29, 1.82) is 0 Å². The lowest BCUT2D eigenvalue weighted by Gasteiger charge is -2.33. The van der Waals surface area contributed by atoms with Gasteiger partial charge in [0.1, 0.15) is 5.82 Å². The molecule has 1 saturated heterocycles. The first-order chi connectivity index (χ1) is 15.9. The summed E-state index contributed by atoms with van der Waals surface area (Å²) in [4.78, 5) is 53.0. The maximum atomic E-state index is 13.4. The zero-order valence-electron chi connectivity index (χ0n) is 18.5. The molecule has 3 rings (SSSR count). The average molecular weight is 458 g/mol. The number of aromatic nitrogens is 1. The number of nitrogens with zero attached hydrogens (tertiary/aromatic N) is 2. The molecule has 1 aliphatic heterocycles. The summed E-state index contributed by atoms with van der Waals surface area (Å²) in [5.74, 6) is -1.89. The molecule has 0 radical (unpaired) electrons. The number of likely N-dealkylation sites (tertiary alicyclic amines) is 1. The fourth-order valence-electron chi connectivity index (χ4n) is 3.89. The third-order valence-electron chi connectivity index (χ3n) is 5.74. The number of nitrogens with one attached hydrogen (secondary N) is 1. The SMILES string of the molecule is COCCCNC(=O)C1CCN(C(=O)C(C(=O)c2ccc(F)cc2)n2ccccc2=O)CC1. The van der Waals surface area contributed by atoms with E-state index in [9.17, 15) is 23.6 Å². The van der Waals surface area contributed by atoms with Gasteiger partial charge in [-0.2, -0.15) is 0 Å². The van der Waals surface area contributed by atoms with Crippen molar-refractivity contribution < 1.29 is 23.5 Å². The smallest absolute Gasteiger partial charge is 0.253 e. The molecule has 0 saturated carbocycles. The van der Waals surface area contributed by atoms with Crippen molar-refractivity contribution in [3.8, 4) is 0 Å². The van der Waals surface area contributed by atoms with Gasteiger partial charge in [-0.05, 0) is 49.6 Å². The summed E-state index contributed by atoms with van der Waals surface area (Å²) < 4.78 is 19.4. The maximum absolute atomic E-state index is 13.4. The molecule has 33 heavy (non-hydrogen) atoms. The van der Waals surface area contributed by atoms with Crippen LogP contribution in [0.2, 0.25) is 0 Å². The molecule has 0 aliphatic carbocycles. The normalized spacial score (nSPS) is 15.2. The van der Waals surface area contributed by atoms with E-state index in [-0.39, 0.29) is 17.4 Å². The Labute approximate surface area is 191 Å². The number of amides is 2. The molecule has 1 N–H and O–H groups in total. The van der Waals surface area contributed by atoms with Crippen LogP contribution in [0.4, 0.5) is 4.39 Å². The van der Waals surface area contributed by atoms with Gasteiger partial charge in [0.15, 0.2) is 11.8 Å². The van der Waals surface area contributed by atoms with Crippen LogP contribution in [0.25, 0.3) is 0 Å². The van der Waals surface area contributed by atoms with Gasteiger partial charge in [-0.25, -0.2) is 4.39 Å². The Balaban J connectivity index is 1.73. The van der Waals surface area contributed by atoms with Crippen molar-refractivity contribution >= 4 is 17.6 Å². The number of piperidine rings is 1. The van der Waals surface area contributed by atoms with E-state index in [0.717, 1.165) is 23.1 Å². The minimum Gasteiger partial charge on any atom is -0.385 e. The molecule has 1 aliphatic rings. The molecule has 2 amide bonds. The summed E-state index contributed by atoms with van der Waals surface area (Å²) in [5.41, 5.74) is -0.354. The molecule has 9 heteroatoms. The molecular weight excluding hydrogens is 429 g/mol. The van der Waals surface area contributed by atoms with Gasteiger partial charge >= 0.3 is 0 Å². The lowest BCUT2D eigenvalue weighted by Crippen LogP contribution is -2.48. The van der Waals surface area contributed by atoms with Crippen molar-refractivity contribution in [3.05, 3.63) is 70.4 Å². The number of methoxy groups -OCH3 is 1. The molecule has 1 aromatic heterocycles. The number of carbonyl (C=O) groups is 3. The van der Waals surface area contributed by atoms with Crippen LogP contribution in [0.3, 0.4) is 0 Å². The van der Waals surface area contributed by atoms with Gasteiger partial charge in [0.25, 0.3) is 11.5 Å². The monoisotopic (exact) mass is 457 g/mol. The second kappa shape index (κ2) is 11.5. The highest BCUT2D eigenvalue weighted by Crippen LogP contribution is 2.23. The van der Waals surface area contributed by atoms with Crippen molar-refractivity contribution in [2.24, 2.45) is 5.92 Å². The number of hydrogen-bond acceptors (Lipinski definition) is 5. The molecule has 0 spiro atoms. The van der Waals surface area contributed by atoms with E-state index in [1.165, 1.54) is 35.4 Å². The van der Waals surface area contributed by atoms with E-state index in [1.807, 2.05) is 0 Å². The van der Waals surface area contributed by atoms with Crippen LogP contribution in [0.5, 0.6) is 0 Å². The third kappa shape index (κ3) is 6.13. The molecule has 8 nitrogen and oxygen atoms in total. The molecule has 2 heterocycles. The number of ether oxygens (including phenoxy) is 1. The molecule has 1 aromatic carbocycles. The highest BCUT2D eigenvalue weighted by molar-refractivity contribution is 6.11. The molecule has 1 atom stereocenters. The van der Waals surface area contributed by atoms with Crippen LogP contribution >= 0.6 is 0 Å². The average Bonchev–Trinajstić information content (AvgIpc) is 2.83. The van der Waals surface area contributed by atoms with Crippen molar-refractivity contribution in [2.45, 2.75) is 25.3 Å². The number of rotatable bonds is 9. The fraction of sp³-hybridized carbons (Fsp3) is 0.417. The number of pyridine rings is 1. The first-order valence-corrected chi connectivity index (χ1v) is 10.9. The van der Waals surface area contributed by atoms with Crippen LogP contribution in [0, 0.1) is 11.7 Å². The van der Waals surface area contributed by atoms with Crippen molar-refractivity contribution in [1.82, 2.24) is 14.8 Å². The Morgan fingerprint density at radius 3 is 2.45 bits per heavy atom. The summed E-state index contributed by atoms with van der Waals surface area (Å²) in [6.07, 6.45) is 3.04. The second-order valence-corrected chi connectivity index (χ2v) is 7.96. The Hall–Kier alpha value is -3.33. The number of halogens is 1. The summed E-state index contributed by atoms with van der Waals surface area (Å²) in [6.45, 7) is 1.68. The third-order valence-corrected chi connectivity index (χ3v) is 5.74. The quantitative estimate of drug-likeness (QED) is 0.352. The number of benzene rings is 1. The summed E-state index contributed by atoms with van der Waals surface area (Å²) in [5, 5.41) is 2.88. The van der Waals surface area contributed by atoms with Crippen LogP contribution in [0.15, 0.2) is 53.5 Å². The van der Waals surface area contributed by atoms with Crippen LogP contribution in [-0.2, 0) is 14.3 Å². The van der Waals surface area contributed by atoms with Crippen LogP contribution in [-0.4, -0.2) is 60.4 Å². The van der Waals surface area contributed by atoms with Gasteiger partial charge in [0.05, 0.1) is 0 Å². The van der Waals surface area contributed by atoms with Gasteiger partial charge in [-0.1, -0.05) is 6.07 Å². The summed E-state index contributed by atoms with van der Waals surface area (Å²) in [7, 11) is 1.60. The van der Waals surface area contributed by atoms with Crippen molar-refractivity contribution in [3.63, 3.8) is 0 Å². The Kier molecular flexibility index (Phi) is 8.48. The van der Waals surface area contributed by atoms with E-state index in [4.69, 9.17) is 4.74 Å². The molecule has 1 fully saturated rings. The molecule has 2 aromatic rings. The predicted octanol–water partition coefficient (Wildman–Crippen LogP) is 1.80. The first-order valence-electron chi connectivity index (χ1n) is 10.9. The van der Waals surface area contributed by atoms with E-state index < -0.39 is 29.1 Å². The van der Waals surface area contributed by atoms with Crippen molar-refractivity contribution in [2.75, 3.05) is 33.4 Å². The topological polar surface area (TPSA) is 97.7 Å². The second-order valence-electron chi connectivity index (χ2n) is 7.96. The lowest BCUT2D eigenvalue weighted by atomic mass is 9.94. The molecule has 0 bridgehead atoms. The van der Waals surface area contributed by atoms with E-state index in [2.05, 4.69) is 5.32 Å². The van der Waals surface area contributed by atoms with E-state index >= 15 is 0 Å². The largest absolute Gasteiger partial charge is 0.385 e. The molecule has 1 unspecified atom stereocenters. The van der Waals surface area contributed by atoms with E-state index in [1.54, 1.807) is 13.2 Å². The minimum atomic E-state index is -1.40. The lowest BCUT2D eigenvalue weighted by molar-refractivity contribution is -0.137. The predicted molar refractivity (Wildman–Crippen MR) is 119 cm³/mol. The fourth-order valence-corrected chi connectivity index (χ4v) is 3.89. The summed E-state index contributed by atoms with van der Waals surface area (Å²) >= 11 is 0. The Morgan fingerprint density at radius 1 is 1.12 bits per heavy atom. The maximum Gasteiger partial charge on any atom is 0.253 e. The highest BCUT2D eigenvalue weighted by Gasteiger charge is 2.36. The van der Waals surface area contributed by atoms with Crippen LogP contribution in [0.1, 0.15) is 35.7 Å². The number of hydrogen-bond donors (Lipinski definition) is 1. The highest BCUT2D eigenvalue weighted by atomic mass is 19.1. The molecule has 176 valence electrons. The van der Waals surface area contributed by atoms with Gasteiger partial charge in [0, 0.05) is 57.1 Å². The van der Waals surface area contributed by atoms with Crippen LogP contribution < -0.4 is 10.9 Å². The van der Waals surface area contributed by atoms with Gasteiger partial charge in [0.2, 0.25) is 5.91 Å². The number of carbonyl (C=O) groups excluding carboxylic acids is 3. The first kappa shape index (κ1) is 24.3. The van der Waals surface area contributed by atoms with E-state index in [0.29, 0.717) is 39.1 Å². The Bertz CT molecular complexity index is 1030. The summed E-state index contributed by atoms with van der Waals surface area (Å²) in [6, 6.07) is 7.84. The zero-order chi connectivity index (χ0) is 23.8.